The largest absolute Gasteiger partial charge is 0.320 e. The molecule has 0 atom stereocenters. The highest BCUT2D eigenvalue weighted by Gasteiger charge is 2.06. The lowest BCUT2D eigenvalue weighted by atomic mass is 10.1. The second-order valence-electron chi connectivity index (χ2n) is 3.26. The Morgan fingerprint density at radius 1 is 1.14 bits per heavy atom. The Kier molecular flexibility index (Phi) is 4.53. The normalized spacial score (nSPS) is 10.5. The monoisotopic (exact) mass is 199 g/mol. The lowest BCUT2D eigenvalue weighted by Crippen LogP contribution is -2.08. The van der Waals surface area contributed by atoms with Crippen LogP contribution in [0.1, 0.15) is 18.4 Å². The van der Waals surface area contributed by atoms with Crippen molar-refractivity contribution in [3.8, 4) is 0 Å². The van der Waals surface area contributed by atoms with Gasteiger partial charge in [-0.05, 0) is 45.0 Å². The summed E-state index contributed by atoms with van der Waals surface area (Å²) in [6.45, 7) is 0.885. The van der Waals surface area contributed by atoms with Crippen molar-refractivity contribution < 1.29 is 8.78 Å². The fourth-order valence-corrected chi connectivity index (χ4v) is 1.37. The summed E-state index contributed by atoms with van der Waals surface area (Å²) < 4.78 is 26.2. The molecule has 1 aromatic rings. The molecule has 0 spiro atoms. The van der Waals surface area contributed by atoms with Crippen LogP contribution in [0.15, 0.2) is 18.2 Å². The predicted molar refractivity (Wildman–Crippen MR) is 53.2 cm³/mol. The van der Waals surface area contributed by atoms with Crippen molar-refractivity contribution in [3.63, 3.8) is 0 Å². The lowest BCUT2D eigenvalue weighted by molar-refractivity contribution is 0.544. The smallest absolute Gasteiger partial charge is 0.129 e. The Morgan fingerprint density at radius 3 is 2.36 bits per heavy atom. The molecular weight excluding hydrogens is 184 g/mol. The maximum atomic E-state index is 13.1. The molecule has 0 aliphatic carbocycles. The summed E-state index contributed by atoms with van der Waals surface area (Å²) in [7, 11) is 1.86. The third-order valence-corrected chi connectivity index (χ3v) is 2.17. The first-order valence-corrected chi connectivity index (χ1v) is 4.83. The average molecular weight is 199 g/mol. The summed E-state index contributed by atoms with van der Waals surface area (Å²) in [5.74, 6) is -0.871. The summed E-state index contributed by atoms with van der Waals surface area (Å²) in [4.78, 5) is 0. The average Bonchev–Trinajstić information content (AvgIpc) is 2.16. The number of benzene rings is 1. The fourth-order valence-electron chi connectivity index (χ4n) is 1.37. The van der Waals surface area contributed by atoms with Gasteiger partial charge in [0.05, 0.1) is 0 Å². The number of hydrogen-bond donors (Lipinski definition) is 1. The molecule has 1 aromatic carbocycles. The molecule has 0 saturated carbocycles. The van der Waals surface area contributed by atoms with Crippen molar-refractivity contribution in [2.75, 3.05) is 13.6 Å². The van der Waals surface area contributed by atoms with Crippen molar-refractivity contribution in [2.45, 2.75) is 19.3 Å². The highest BCUT2D eigenvalue weighted by atomic mass is 19.1. The zero-order valence-electron chi connectivity index (χ0n) is 8.32. The molecule has 78 valence electrons. The first-order chi connectivity index (χ1) is 6.75. The summed E-state index contributed by atoms with van der Waals surface area (Å²) in [6, 6.07) is 3.99. The molecule has 1 rings (SSSR count). The minimum Gasteiger partial charge on any atom is -0.320 e. The summed E-state index contributed by atoms with van der Waals surface area (Å²) in [5, 5.41) is 3.00. The third kappa shape index (κ3) is 3.07. The fraction of sp³-hybridized carbons (Fsp3) is 0.455. The minimum absolute atomic E-state index is 0.212. The number of hydrogen-bond acceptors (Lipinski definition) is 1. The van der Waals surface area contributed by atoms with Crippen molar-refractivity contribution in [3.05, 3.63) is 35.4 Å². The second-order valence-corrected chi connectivity index (χ2v) is 3.26. The third-order valence-electron chi connectivity index (χ3n) is 2.17. The summed E-state index contributed by atoms with van der Waals surface area (Å²) >= 11 is 0. The van der Waals surface area contributed by atoms with Crippen LogP contribution >= 0.6 is 0 Å². The molecule has 0 radical (unpaired) electrons. The van der Waals surface area contributed by atoms with E-state index in [1.807, 2.05) is 7.05 Å². The van der Waals surface area contributed by atoms with Gasteiger partial charge in [0.25, 0.3) is 0 Å². The minimum atomic E-state index is -0.436. The van der Waals surface area contributed by atoms with Crippen LogP contribution in [0.5, 0.6) is 0 Å². The van der Waals surface area contributed by atoms with E-state index in [2.05, 4.69) is 5.32 Å². The zero-order chi connectivity index (χ0) is 10.4. The van der Waals surface area contributed by atoms with E-state index in [0.717, 1.165) is 19.4 Å². The van der Waals surface area contributed by atoms with E-state index in [0.29, 0.717) is 6.42 Å². The maximum absolute atomic E-state index is 13.1. The van der Waals surface area contributed by atoms with E-state index in [9.17, 15) is 8.78 Å². The van der Waals surface area contributed by atoms with Gasteiger partial charge in [0.1, 0.15) is 11.6 Å². The van der Waals surface area contributed by atoms with Crippen LogP contribution in [0.25, 0.3) is 0 Å². The highest BCUT2D eigenvalue weighted by molar-refractivity contribution is 5.19. The number of nitrogens with one attached hydrogen (secondary N) is 1. The van der Waals surface area contributed by atoms with Crippen LogP contribution in [0.2, 0.25) is 0 Å². The summed E-state index contributed by atoms with van der Waals surface area (Å²) in [5.41, 5.74) is 0.212. The van der Waals surface area contributed by atoms with E-state index in [1.165, 1.54) is 18.2 Å². The van der Waals surface area contributed by atoms with Crippen LogP contribution in [-0.2, 0) is 6.42 Å². The first kappa shape index (κ1) is 11.1. The molecule has 0 fully saturated rings. The van der Waals surface area contributed by atoms with Gasteiger partial charge in [0.2, 0.25) is 0 Å². The Bertz CT molecular complexity index is 266. The van der Waals surface area contributed by atoms with Crippen molar-refractivity contribution in [1.82, 2.24) is 5.32 Å². The van der Waals surface area contributed by atoms with Crippen LogP contribution in [0.4, 0.5) is 8.78 Å². The van der Waals surface area contributed by atoms with Gasteiger partial charge < -0.3 is 5.32 Å². The van der Waals surface area contributed by atoms with E-state index in [-0.39, 0.29) is 5.56 Å². The van der Waals surface area contributed by atoms with Gasteiger partial charge in [-0.15, -0.1) is 0 Å². The molecule has 0 saturated heterocycles. The SMILES string of the molecule is CNCCCCc1c(F)cccc1F. The van der Waals surface area contributed by atoms with E-state index in [4.69, 9.17) is 0 Å². The molecule has 0 aliphatic rings. The molecule has 0 aromatic heterocycles. The quantitative estimate of drug-likeness (QED) is 0.718. The molecule has 0 unspecified atom stereocenters. The number of halogens is 2. The molecule has 3 heteroatoms. The zero-order valence-corrected chi connectivity index (χ0v) is 8.32. The molecule has 0 amide bonds. The molecule has 1 nitrogen and oxygen atoms in total. The standard InChI is InChI=1S/C11H15F2N/c1-14-8-3-2-5-9-10(12)6-4-7-11(9)13/h4,6-7,14H,2-3,5,8H2,1H3. The lowest BCUT2D eigenvalue weighted by Gasteiger charge is -2.04. The predicted octanol–water partition coefficient (Wildman–Crippen LogP) is 2.51. The van der Waals surface area contributed by atoms with Gasteiger partial charge in [0, 0.05) is 5.56 Å². The van der Waals surface area contributed by atoms with Crippen molar-refractivity contribution in [1.29, 1.82) is 0 Å². The Balaban J connectivity index is 2.49. The Morgan fingerprint density at radius 2 is 1.79 bits per heavy atom. The van der Waals surface area contributed by atoms with Crippen LogP contribution in [0, 0.1) is 11.6 Å². The van der Waals surface area contributed by atoms with E-state index in [1.54, 1.807) is 0 Å². The van der Waals surface area contributed by atoms with Gasteiger partial charge in [-0.2, -0.15) is 0 Å². The van der Waals surface area contributed by atoms with Crippen LogP contribution < -0.4 is 5.32 Å². The van der Waals surface area contributed by atoms with Crippen LogP contribution in [0.3, 0.4) is 0 Å². The van der Waals surface area contributed by atoms with Gasteiger partial charge in [-0.25, -0.2) is 8.78 Å². The molecule has 0 heterocycles. The van der Waals surface area contributed by atoms with E-state index >= 15 is 0 Å². The van der Waals surface area contributed by atoms with Gasteiger partial charge in [0.15, 0.2) is 0 Å². The molecular formula is C11H15F2N. The Labute approximate surface area is 83.1 Å². The molecule has 1 N–H and O–H groups in total. The molecule has 14 heavy (non-hydrogen) atoms. The maximum Gasteiger partial charge on any atom is 0.129 e. The molecule has 0 aliphatic heterocycles. The Hall–Kier alpha value is -0.960. The highest BCUT2D eigenvalue weighted by Crippen LogP contribution is 2.14. The van der Waals surface area contributed by atoms with Crippen LogP contribution in [-0.4, -0.2) is 13.6 Å². The van der Waals surface area contributed by atoms with Crippen molar-refractivity contribution in [2.24, 2.45) is 0 Å². The topological polar surface area (TPSA) is 12.0 Å². The van der Waals surface area contributed by atoms with Gasteiger partial charge in [-0.3, -0.25) is 0 Å². The van der Waals surface area contributed by atoms with Crippen molar-refractivity contribution >= 4 is 0 Å². The van der Waals surface area contributed by atoms with Gasteiger partial charge in [-0.1, -0.05) is 6.07 Å². The summed E-state index contributed by atoms with van der Waals surface area (Å²) in [6.07, 6.45) is 2.21. The van der Waals surface area contributed by atoms with E-state index < -0.39 is 11.6 Å². The molecule has 0 bridgehead atoms. The number of unbranched alkanes of at least 4 members (excludes halogenated alkanes) is 1. The van der Waals surface area contributed by atoms with Gasteiger partial charge >= 0.3 is 0 Å². The number of rotatable bonds is 5. The second kappa shape index (κ2) is 5.70. The first-order valence-electron chi connectivity index (χ1n) is 4.83.